The fraction of sp³-hybridized carbons (Fsp3) is 0.625. The minimum atomic E-state index is -0.254. The van der Waals surface area contributed by atoms with Crippen LogP contribution >= 0.6 is 0 Å². The highest BCUT2D eigenvalue weighted by atomic mass is 19.1. The number of benzene rings is 1. The molecule has 1 heterocycles. The first-order chi connectivity index (χ1) is 9.20. The van der Waals surface area contributed by atoms with Crippen molar-refractivity contribution >= 4 is 0 Å². The van der Waals surface area contributed by atoms with Crippen LogP contribution in [0.2, 0.25) is 0 Å². The van der Waals surface area contributed by atoms with E-state index in [-0.39, 0.29) is 6.67 Å². The molecule has 1 aliphatic heterocycles. The van der Waals surface area contributed by atoms with E-state index in [9.17, 15) is 4.39 Å². The zero-order valence-corrected chi connectivity index (χ0v) is 12.0. The Kier molecular flexibility index (Phi) is 5.34. The van der Waals surface area contributed by atoms with Crippen molar-refractivity contribution < 1.29 is 4.39 Å². The first kappa shape index (κ1) is 14.5. The molecule has 2 rings (SSSR count). The molecule has 1 N–H and O–H groups in total. The van der Waals surface area contributed by atoms with E-state index in [1.807, 2.05) is 6.07 Å². The van der Waals surface area contributed by atoms with Crippen molar-refractivity contribution in [2.45, 2.75) is 32.4 Å². The Morgan fingerprint density at radius 1 is 1.32 bits per heavy atom. The molecule has 3 heteroatoms. The lowest BCUT2D eigenvalue weighted by Gasteiger charge is -2.41. The molecule has 0 saturated carbocycles. The van der Waals surface area contributed by atoms with Gasteiger partial charge in [0.25, 0.3) is 0 Å². The molecule has 1 aromatic carbocycles. The van der Waals surface area contributed by atoms with Crippen molar-refractivity contribution in [3.63, 3.8) is 0 Å². The summed E-state index contributed by atoms with van der Waals surface area (Å²) >= 11 is 0. The van der Waals surface area contributed by atoms with Gasteiger partial charge >= 0.3 is 0 Å². The van der Waals surface area contributed by atoms with E-state index in [0.717, 1.165) is 19.5 Å². The molecule has 1 aliphatic rings. The van der Waals surface area contributed by atoms with E-state index in [0.29, 0.717) is 24.5 Å². The molecule has 0 radical (unpaired) electrons. The predicted molar refractivity (Wildman–Crippen MR) is 78.0 cm³/mol. The lowest BCUT2D eigenvalue weighted by atomic mass is 9.96. The first-order valence-corrected chi connectivity index (χ1v) is 7.29. The van der Waals surface area contributed by atoms with Gasteiger partial charge in [0, 0.05) is 31.7 Å². The zero-order valence-electron chi connectivity index (χ0n) is 12.0. The summed E-state index contributed by atoms with van der Waals surface area (Å²) in [5, 5.41) is 3.62. The van der Waals surface area contributed by atoms with Crippen molar-refractivity contribution in [3.05, 3.63) is 35.9 Å². The van der Waals surface area contributed by atoms with Gasteiger partial charge in [-0.1, -0.05) is 44.2 Å². The Hall–Kier alpha value is -0.930. The minimum absolute atomic E-state index is 0.254. The van der Waals surface area contributed by atoms with Gasteiger partial charge in [-0.05, 0) is 17.9 Å². The highest BCUT2D eigenvalue weighted by Gasteiger charge is 2.28. The van der Waals surface area contributed by atoms with Crippen LogP contribution in [-0.4, -0.2) is 37.3 Å². The fourth-order valence-corrected chi connectivity index (χ4v) is 2.92. The van der Waals surface area contributed by atoms with Gasteiger partial charge < -0.3 is 5.32 Å². The van der Waals surface area contributed by atoms with Gasteiger partial charge in [-0.2, -0.15) is 0 Å². The number of hydrogen-bond donors (Lipinski definition) is 1. The monoisotopic (exact) mass is 264 g/mol. The van der Waals surface area contributed by atoms with Crippen LogP contribution in [0.25, 0.3) is 0 Å². The fourth-order valence-electron chi connectivity index (χ4n) is 2.92. The second kappa shape index (κ2) is 7.01. The molecule has 0 bridgehead atoms. The lowest BCUT2D eigenvalue weighted by molar-refractivity contribution is 0.106. The quantitative estimate of drug-likeness (QED) is 0.879. The molecule has 1 aromatic rings. The van der Waals surface area contributed by atoms with Crippen molar-refractivity contribution in [1.82, 2.24) is 10.2 Å². The van der Waals surface area contributed by atoms with E-state index in [4.69, 9.17) is 0 Å². The smallest absolute Gasteiger partial charge is 0.102 e. The van der Waals surface area contributed by atoms with Crippen LogP contribution in [-0.2, 0) is 0 Å². The number of piperazine rings is 1. The van der Waals surface area contributed by atoms with Crippen LogP contribution in [0.5, 0.6) is 0 Å². The summed E-state index contributed by atoms with van der Waals surface area (Å²) in [6, 6.07) is 11.3. The third-order valence-electron chi connectivity index (χ3n) is 3.85. The molecule has 1 fully saturated rings. The molecule has 106 valence electrons. The summed E-state index contributed by atoms with van der Waals surface area (Å²) in [5.74, 6) is 0.655. The molecule has 0 aromatic heterocycles. The SMILES string of the molecule is CC(C)CC1CNC(c2ccccc2)CN1CCF. The molecule has 0 amide bonds. The maximum atomic E-state index is 12.8. The minimum Gasteiger partial charge on any atom is -0.307 e. The summed E-state index contributed by atoms with van der Waals surface area (Å²) in [6.45, 7) is 6.63. The van der Waals surface area contributed by atoms with Crippen molar-refractivity contribution in [3.8, 4) is 0 Å². The lowest BCUT2D eigenvalue weighted by Crippen LogP contribution is -2.53. The topological polar surface area (TPSA) is 15.3 Å². The molecule has 0 aliphatic carbocycles. The third-order valence-corrected chi connectivity index (χ3v) is 3.85. The van der Waals surface area contributed by atoms with Crippen molar-refractivity contribution in [2.75, 3.05) is 26.3 Å². The number of nitrogens with zero attached hydrogens (tertiary/aromatic N) is 1. The Morgan fingerprint density at radius 3 is 2.68 bits per heavy atom. The Morgan fingerprint density at radius 2 is 2.05 bits per heavy atom. The first-order valence-electron chi connectivity index (χ1n) is 7.29. The Balaban J connectivity index is 2.01. The number of rotatable bonds is 5. The maximum absolute atomic E-state index is 12.8. The van der Waals surface area contributed by atoms with Crippen molar-refractivity contribution in [1.29, 1.82) is 0 Å². The maximum Gasteiger partial charge on any atom is 0.102 e. The molecule has 2 unspecified atom stereocenters. The van der Waals surface area contributed by atoms with Gasteiger partial charge in [0.2, 0.25) is 0 Å². The summed E-state index contributed by atoms with van der Waals surface area (Å²) in [7, 11) is 0. The molecule has 2 atom stereocenters. The van der Waals surface area contributed by atoms with Gasteiger partial charge in [0.15, 0.2) is 0 Å². The van der Waals surface area contributed by atoms with Gasteiger partial charge in [-0.15, -0.1) is 0 Å². The second-order valence-corrected chi connectivity index (χ2v) is 5.84. The molecule has 2 nitrogen and oxygen atoms in total. The molecule has 19 heavy (non-hydrogen) atoms. The van der Waals surface area contributed by atoms with Gasteiger partial charge in [-0.25, -0.2) is 4.39 Å². The normalized spacial score (nSPS) is 24.8. The highest BCUT2D eigenvalue weighted by Crippen LogP contribution is 2.22. The highest BCUT2D eigenvalue weighted by molar-refractivity contribution is 5.20. The van der Waals surface area contributed by atoms with Gasteiger partial charge in [0.05, 0.1) is 0 Å². The van der Waals surface area contributed by atoms with E-state index in [1.165, 1.54) is 5.56 Å². The summed E-state index contributed by atoms with van der Waals surface area (Å²) in [5.41, 5.74) is 1.30. The molecule has 1 saturated heterocycles. The number of hydrogen-bond acceptors (Lipinski definition) is 2. The van der Waals surface area contributed by atoms with Crippen LogP contribution in [0.1, 0.15) is 31.9 Å². The third kappa shape index (κ3) is 4.02. The van der Waals surface area contributed by atoms with Crippen LogP contribution in [0.4, 0.5) is 4.39 Å². The standard InChI is InChI=1S/C16H25FN2/c1-13(2)10-15-11-18-16(12-19(15)9-8-17)14-6-4-3-5-7-14/h3-7,13,15-16,18H,8-12H2,1-2H3. The van der Waals surface area contributed by atoms with E-state index in [1.54, 1.807) is 0 Å². The van der Waals surface area contributed by atoms with Crippen LogP contribution in [0.3, 0.4) is 0 Å². The van der Waals surface area contributed by atoms with E-state index < -0.39 is 0 Å². The van der Waals surface area contributed by atoms with Crippen LogP contribution in [0, 0.1) is 5.92 Å². The number of halogens is 1. The van der Waals surface area contributed by atoms with Crippen LogP contribution < -0.4 is 5.32 Å². The van der Waals surface area contributed by atoms with E-state index >= 15 is 0 Å². The summed E-state index contributed by atoms with van der Waals surface area (Å²) < 4.78 is 12.8. The molecule has 0 spiro atoms. The van der Waals surface area contributed by atoms with Crippen LogP contribution in [0.15, 0.2) is 30.3 Å². The number of alkyl halides is 1. The van der Waals surface area contributed by atoms with Gasteiger partial charge in [0.1, 0.15) is 6.67 Å². The zero-order chi connectivity index (χ0) is 13.7. The Bertz CT molecular complexity index is 366. The number of nitrogens with one attached hydrogen (secondary N) is 1. The Labute approximate surface area is 116 Å². The second-order valence-electron chi connectivity index (χ2n) is 5.84. The largest absolute Gasteiger partial charge is 0.307 e. The predicted octanol–water partition coefficient (Wildman–Crippen LogP) is 3.02. The summed E-state index contributed by atoms with van der Waals surface area (Å²) in [4.78, 5) is 2.31. The average Bonchev–Trinajstić information content (AvgIpc) is 2.41. The molecular weight excluding hydrogens is 239 g/mol. The van der Waals surface area contributed by atoms with E-state index in [2.05, 4.69) is 48.3 Å². The van der Waals surface area contributed by atoms with Gasteiger partial charge in [-0.3, -0.25) is 4.90 Å². The van der Waals surface area contributed by atoms with Crippen molar-refractivity contribution in [2.24, 2.45) is 5.92 Å². The molecular formula is C16H25FN2. The summed E-state index contributed by atoms with van der Waals surface area (Å²) in [6.07, 6.45) is 1.13. The average molecular weight is 264 g/mol.